The molecule has 0 spiro atoms. The molecule has 0 radical (unpaired) electrons. The standard InChI is InChI=1S/C6H9F3O2.C4H5F3O2/c1-2-11-5(10)3-4-6(7,8)9;5-4(6,7)2-1-3(8)9/h2-4H2,1H3;1-2H2,(H,8,9). The number of alkyl halides is 6. The molecule has 10 heteroatoms. The smallest absolute Gasteiger partial charge is 0.389 e. The highest BCUT2D eigenvalue weighted by molar-refractivity contribution is 5.69. The van der Waals surface area contributed by atoms with Crippen LogP contribution in [0.2, 0.25) is 0 Å². The van der Waals surface area contributed by atoms with Gasteiger partial charge in [0, 0.05) is 0 Å². The van der Waals surface area contributed by atoms with E-state index in [0.29, 0.717) is 0 Å². The van der Waals surface area contributed by atoms with E-state index in [9.17, 15) is 35.9 Å². The molecule has 0 rings (SSSR count). The first-order chi connectivity index (χ1) is 8.87. The zero-order chi connectivity index (χ0) is 16.4. The molecule has 0 saturated heterocycles. The Morgan fingerprint density at radius 2 is 1.35 bits per heavy atom. The zero-order valence-electron chi connectivity index (χ0n) is 10.5. The number of ether oxygens (including phenoxy) is 1. The van der Waals surface area contributed by atoms with E-state index in [1.165, 1.54) is 0 Å². The van der Waals surface area contributed by atoms with E-state index in [-0.39, 0.29) is 6.61 Å². The molecule has 0 fully saturated rings. The van der Waals surface area contributed by atoms with Crippen LogP contribution in [0.25, 0.3) is 0 Å². The first kappa shape index (κ1) is 20.8. The van der Waals surface area contributed by atoms with Crippen LogP contribution in [0.5, 0.6) is 0 Å². The summed E-state index contributed by atoms with van der Waals surface area (Å²) in [6, 6.07) is 0. The van der Waals surface area contributed by atoms with Gasteiger partial charge in [0.25, 0.3) is 0 Å². The number of carboxylic acids is 1. The fourth-order valence-corrected chi connectivity index (χ4v) is 0.726. The van der Waals surface area contributed by atoms with E-state index in [1.807, 2.05) is 0 Å². The zero-order valence-corrected chi connectivity index (χ0v) is 10.5. The molecule has 0 aromatic heterocycles. The maximum Gasteiger partial charge on any atom is 0.389 e. The van der Waals surface area contributed by atoms with E-state index in [2.05, 4.69) is 4.74 Å². The van der Waals surface area contributed by atoms with Gasteiger partial charge in [-0.1, -0.05) is 0 Å². The molecule has 0 unspecified atom stereocenters. The number of aliphatic carboxylic acids is 1. The van der Waals surface area contributed by atoms with E-state index in [4.69, 9.17) is 5.11 Å². The van der Waals surface area contributed by atoms with Crippen molar-refractivity contribution in [3.63, 3.8) is 0 Å². The highest BCUT2D eigenvalue weighted by Crippen LogP contribution is 2.21. The van der Waals surface area contributed by atoms with Crippen LogP contribution in [0.15, 0.2) is 0 Å². The summed E-state index contributed by atoms with van der Waals surface area (Å²) in [4.78, 5) is 19.9. The molecule has 0 aromatic rings. The first-order valence-corrected chi connectivity index (χ1v) is 5.38. The van der Waals surface area contributed by atoms with Crippen molar-refractivity contribution < 1.29 is 45.8 Å². The van der Waals surface area contributed by atoms with Crippen LogP contribution in [-0.2, 0) is 14.3 Å². The van der Waals surface area contributed by atoms with Crippen molar-refractivity contribution in [3.05, 3.63) is 0 Å². The Hall–Kier alpha value is -1.48. The Kier molecular flexibility index (Phi) is 9.82. The van der Waals surface area contributed by atoms with Gasteiger partial charge < -0.3 is 9.84 Å². The third kappa shape index (κ3) is 21.8. The van der Waals surface area contributed by atoms with Crippen molar-refractivity contribution in [1.29, 1.82) is 0 Å². The van der Waals surface area contributed by atoms with Gasteiger partial charge in [-0.25, -0.2) is 0 Å². The molecule has 0 atom stereocenters. The lowest BCUT2D eigenvalue weighted by Gasteiger charge is -2.04. The van der Waals surface area contributed by atoms with Crippen molar-refractivity contribution in [2.24, 2.45) is 0 Å². The number of hydrogen-bond donors (Lipinski definition) is 1. The summed E-state index contributed by atoms with van der Waals surface area (Å²) in [6.07, 6.45) is -12.4. The molecule has 20 heavy (non-hydrogen) atoms. The van der Waals surface area contributed by atoms with Crippen LogP contribution < -0.4 is 0 Å². The van der Waals surface area contributed by atoms with E-state index >= 15 is 0 Å². The monoisotopic (exact) mass is 312 g/mol. The fourth-order valence-electron chi connectivity index (χ4n) is 0.726. The van der Waals surface area contributed by atoms with Crippen LogP contribution >= 0.6 is 0 Å². The summed E-state index contributed by atoms with van der Waals surface area (Å²) in [5.74, 6) is -2.22. The van der Waals surface area contributed by atoms with Gasteiger partial charge in [0.15, 0.2) is 0 Å². The van der Waals surface area contributed by atoms with Crippen molar-refractivity contribution in [1.82, 2.24) is 0 Å². The topological polar surface area (TPSA) is 63.6 Å². The Morgan fingerprint density at radius 1 is 0.950 bits per heavy atom. The second-order valence-corrected chi connectivity index (χ2v) is 3.43. The number of carbonyl (C=O) groups excluding carboxylic acids is 1. The largest absolute Gasteiger partial charge is 0.481 e. The van der Waals surface area contributed by atoms with Gasteiger partial charge >= 0.3 is 24.3 Å². The number of carboxylic acid groups (broad SMARTS) is 1. The number of esters is 1. The second-order valence-electron chi connectivity index (χ2n) is 3.43. The van der Waals surface area contributed by atoms with E-state index in [1.54, 1.807) is 6.92 Å². The Balaban J connectivity index is 0. The van der Waals surface area contributed by atoms with Crippen molar-refractivity contribution in [2.75, 3.05) is 6.61 Å². The molecular formula is C10H14F6O4. The predicted molar refractivity (Wildman–Crippen MR) is 54.8 cm³/mol. The van der Waals surface area contributed by atoms with Crippen molar-refractivity contribution in [3.8, 4) is 0 Å². The SMILES string of the molecule is CCOC(=O)CCC(F)(F)F.O=C(O)CCC(F)(F)F. The van der Waals surface area contributed by atoms with E-state index < -0.39 is 50.0 Å². The maximum absolute atomic E-state index is 11.4. The van der Waals surface area contributed by atoms with Crippen LogP contribution in [0.3, 0.4) is 0 Å². The minimum atomic E-state index is -4.35. The average molecular weight is 312 g/mol. The summed E-state index contributed by atoms with van der Waals surface area (Å²) < 4.78 is 72.1. The summed E-state index contributed by atoms with van der Waals surface area (Å²) in [6.45, 7) is 1.67. The lowest BCUT2D eigenvalue weighted by Crippen LogP contribution is -2.12. The molecule has 120 valence electrons. The molecule has 1 N–H and O–H groups in total. The number of rotatable bonds is 5. The van der Waals surface area contributed by atoms with Gasteiger partial charge in [-0.15, -0.1) is 0 Å². The third-order valence-corrected chi connectivity index (χ3v) is 1.54. The van der Waals surface area contributed by atoms with E-state index in [0.717, 1.165) is 0 Å². The van der Waals surface area contributed by atoms with Gasteiger partial charge in [-0.3, -0.25) is 9.59 Å². The molecular weight excluding hydrogens is 298 g/mol. The van der Waals surface area contributed by atoms with Gasteiger partial charge in [-0.2, -0.15) is 26.3 Å². The van der Waals surface area contributed by atoms with Crippen LogP contribution in [0, 0.1) is 0 Å². The number of carbonyl (C=O) groups is 2. The summed E-state index contributed by atoms with van der Waals surface area (Å²) >= 11 is 0. The highest BCUT2D eigenvalue weighted by atomic mass is 19.4. The summed E-state index contributed by atoms with van der Waals surface area (Å²) in [5.41, 5.74) is 0. The molecule has 0 aliphatic rings. The van der Waals surface area contributed by atoms with Crippen molar-refractivity contribution in [2.45, 2.75) is 45.0 Å². The summed E-state index contributed by atoms with van der Waals surface area (Å²) in [7, 11) is 0. The fraction of sp³-hybridized carbons (Fsp3) is 0.800. The molecule has 4 nitrogen and oxygen atoms in total. The number of halogens is 6. The Bertz CT molecular complexity index is 297. The first-order valence-electron chi connectivity index (χ1n) is 5.38. The van der Waals surface area contributed by atoms with Gasteiger partial charge in [-0.05, 0) is 6.92 Å². The normalized spacial score (nSPS) is 11.3. The second kappa shape index (κ2) is 9.43. The molecule has 0 aliphatic heterocycles. The molecule has 0 aromatic carbocycles. The Morgan fingerprint density at radius 3 is 1.60 bits per heavy atom. The lowest BCUT2D eigenvalue weighted by molar-refractivity contribution is -0.156. The average Bonchev–Trinajstić information content (AvgIpc) is 2.23. The van der Waals surface area contributed by atoms with Crippen LogP contribution in [0.1, 0.15) is 32.6 Å². The molecule has 0 heterocycles. The molecule has 0 bridgehead atoms. The van der Waals surface area contributed by atoms with Crippen LogP contribution in [-0.4, -0.2) is 36.0 Å². The van der Waals surface area contributed by atoms with Crippen molar-refractivity contribution >= 4 is 11.9 Å². The quantitative estimate of drug-likeness (QED) is 0.625. The minimum Gasteiger partial charge on any atom is -0.481 e. The van der Waals surface area contributed by atoms with Crippen LogP contribution in [0.4, 0.5) is 26.3 Å². The molecule has 0 amide bonds. The highest BCUT2D eigenvalue weighted by Gasteiger charge is 2.28. The van der Waals surface area contributed by atoms with Gasteiger partial charge in [0.05, 0.1) is 32.3 Å². The van der Waals surface area contributed by atoms with Gasteiger partial charge in [0.2, 0.25) is 0 Å². The Labute approximate surface area is 110 Å². The maximum atomic E-state index is 11.4. The number of hydrogen-bond acceptors (Lipinski definition) is 3. The molecule has 0 saturated carbocycles. The summed E-state index contributed by atoms with van der Waals surface area (Å²) in [5, 5.41) is 7.78. The molecule has 0 aliphatic carbocycles. The lowest BCUT2D eigenvalue weighted by atomic mass is 10.3. The third-order valence-electron chi connectivity index (χ3n) is 1.54. The minimum absolute atomic E-state index is 0.122. The predicted octanol–water partition coefficient (Wildman–Crippen LogP) is 3.31. The van der Waals surface area contributed by atoms with Gasteiger partial charge in [0.1, 0.15) is 0 Å².